The summed E-state index contributed by atoms with van der Waals surface area (Å²) in [4.78, 5) is 26.9. The van der Waals surface area contributed by atoms with Crippen molar-refractivity contribution >= 4 is 34.8 Å². The Morgan fingerprint density at radius 2 is 1.69 bits per heavy atom. The lowest BCUT2D eigenvalue weighted by atomic mass is 10.2. The zero-order valence-electron chi connectivity index (χ0n) is 14.7. The van der Waals surface area contributed by atoms with E-state index in [1.165, 1.54) is 18.5 Å². The van der Waals surface area contributed by atoms with Gasteiger partial charge in [0.25, 0.3) is 5.91 Å². The van der Waals surface area contributed by atoms with Crippen LogP contribution in [-0.2, 0) is 4.79 Å². The van der Waals surface area contributed by atoms with E-state index in [-0.39, 0.29) is 11.8 Å². The first-order valence-electron chi connectivity index (χ1n) is 8.76. The minimum atomic E-state index is -0.683. The normalized spacial score (nSPS) is 14.8. The number of benzene rings is 2. The second-order valence-corrected chi connectivity index (χ2v) is 6.81. The molecular weight excluding hydrogens is 350 g/mol. The fourth-order valence-electron chi connectivity index (χ4n) is 2.97. The van der Waals surface area contributed by atoms with Crippen LogP contribution in [-0.4, -0.2) is 30.9 Å². The van der Waals surface area contributed by atoms with Gasteiger partial charge in [0.2, 0.25) is 5.91 Å². The highest BCUT2D eigenvalue weighted by atomic mass is 35.5. The standard InChI is InChI=1S/C20H22ClN3O2/c1-14(22-20(26)17-6-2-3-7-18(17)21)19(25)23-15-8-10-16(11-9-15)24-12-4-5-13-24/h2-3,6-11,14H,4-5,12-13H2,1H3,(H,22,26)(H,23,25). The van der Waals surface area contributed by atoms with Crippen LogP contribution in [0.5, 0.6) is 0 Å². The highest BCUT2D eigenvalue weighted by Gasteiger charge is 2.18. The van der Waals surface area contributed by atoms with E-state index < -0.39 is 6.04 Å². The maximum atomic E-state index is 12.3. The van der Waals surface area contributed by atoms with E-state index in [4.69, 9.17) is 11.6 Å². The molecule has 2 aromatic carbocycles. The topological polar surface area (TPSA) is 61.4 Å². The molecule has 1 atom stereocenters. The van der Waals surface area contributed by atoms with Gasteiger partial charge in [-0.05, 0) is 56.2 Å². The van der Waals surface area contributed by atoms with Gasteiger partial charge >= 0.3 is 0 Å². The lowest BCUT2D eigenvalue weighted by Crippen LogP contribution is -2.41. The van der Waals surface area contributed by atoms with Crippen LogP contribution in [0.3, 0.4) is 0 Å². The predicted molar refractivity (Wildman–Crippen MR) is 105 cm³/mol. The summed E-state index contributed by atoms with van der Waals surface area (Å²) >= 11 is 6.02. The summed E-state index contributed by atoms with van der Waals surface area (Å²) in [5, 5.41) is 5.85. The molecule has 0 bridgehead atoms. The third-order valence-corrected chi connectivity index (χ3v) is 4.80. The van der Waals surface area contributed by atoms with E-state index >= 15 is 0 Å². The second kappa shape index (κ2) is 8.23. The largest absolute Gasteiger partial charge is 0.372 e. The monoisotopic (exact) mass is 371 g/mol. The summed E-state index contributed by atoms with van der Waals surface area (Å²) in [7, 11) is 0. The van der Waals surface area contributed by atoms with Crippen LogP contribution in [0.1, 0.15) is 30.1 Å². The van der Waals surface area contributed by atoms with Gasteiger partial charge in [0.1, 0.15) is 6.04 Å². The molecule has 2 N–H and O–H groups in total. The molecule has 1 aliphatic heterocycles. The number of nitrogens with zero attached hydrogens (tertiary/aromatic N) is 1. The molecule has 1 heterocycles. The highest BCUT2D eigenvalue weighted by molar-refractivity contribution is 6.33. The predicted octanol–water partition coefficient (Wildman–Crippen LogP) is 3.70. The molecule has 1 saturated heterocycles. The number of nitrogens with one attached hydrogen (secondary N) is 2. The summed E-state index contributed by atoms with van der Waals surface area (Å²) in [5.74, 6) is -0.651. The van der Waals surface area contributed by atoms with Crippen molar-refractivity contribution in [3.63, 3.8) is 0 Å². The fraction of sp³-hybridized carbons (Fsp3) is 0.300. The minimum Gasteiger partial charge on any atom is -0.372 e. The van der Waals surface area contributed by atoms with Crippen LogP contribution in [0.25, 0.3) is 0 Å². The van der Waals surface area contributed by atoms with Gasteiger partial charge in [0, 0.05) is 24.5 Å². The van der Waals surface area contributed by atoms with Crippen molar-refractivity contribution in [1.29, 1.82) is 0 Å². The van der Waals surface area contributed by atoms with Crippen LogP contribution >= 0.6 is 11.6 Å². The van der Waals surface area contributed by atoms with E-state index in [0.29, 0.717) is 16.3 Å². The van der Waals surface area contributed by atoms with Crippen LogP contribution in [0.2, 0.25) is 5.02 Å². The van der Waals surface area contributed by atoms with Gasteiger partial charge in [0.05, 0.1) is 10.6 Å². The average Bonchev–Trinajstić information content (AvgIpc) is 3.17. The van der Waals surface area contributed by atoms with Crippen LogP contribution in [0.4, 0.5) is 11.4 Å². The lowest BCUT2D eigenvalue weighted by Gasteiger charge is -2.18. The van der Waals surface area contributed by atoms with E-state index in [1.54, 1.807) is 31.2 Å². The number of hydrogen-bond acceptors (Lipinski definition) is 3. The first-order valence-corrected chi connectivity index (χ1v) is 9.13. The number of rotatable bonds is 5. The third-order valence-electron chi connectivity index (χ3n) is 4.47. The first kappa shape index (κ1) is 18.3. The number of anilines is 2. The van der Waals surface area contributed by atoms with Gasteiger partial charge in [-0.2, -0.15) is 0 Å². The van der Waals surface area contributed by atoms with Crippen molar-refractivity contribution in [3.05, 3.63) is 59.1 Å². The Bertz CT molecular complexity index is 786. The molecule has 5 nitrogen and oxygen atoms in total. The molecule has 0 aromatic heterocycles. The number of carbonyl (C=O) groups excluding carboxylic acids is 2. The summed E-state index contributed by atoms with van der Waals surface area (Å²) < 4.78 is 0. The molecule has 0 saturated carbocycles. The average molecular weight is 372 g/mol. The summed E-state index contributed by atoms with van der Waals surface area (Å²) in [5.41, 5.74) is 2.22. The molecule has 3 rings (SSSR count). The Balaban J connectivity index is 1.57. The molecule has 0 aliphatic carbocycles. The van der Waals surface area contributed by atoms with E-state index in [9.17, 15) is 9.59 Å². The molecule has 1 unspecified atom stereocenters. The Labute approximate surface area is 158 Å². The van der Waals surface area contributed by atoms with Crippen LogP contribution in [0, 0.1) is 0 Å². The molecule has 26 heavy (non-hydrogen) atoms. The summed E-state index contributed by atoms with van der Waals surface area (Å²) in [6.45, 7) is 3.80. The van der Waals surface area contributed by atoms with Crippen LogP contribution in [0.15, 0.2) is 48.5 Å². The Kier molecular flexibility index (Phi) is 5.78. The maximum Gasteiger partial charge on any atom is 0.253 e. The van der Waals surface area contributed by atoms with Crippen molar-refractivity contribution in [1.82, 2.24) is 5.32 Å². The number of halogens is 1. The van der Waals surface area contributed by atoms with E-state index in [0.717, 1.165) is 13.1 Å². The lowest BCUT2D eigenvalue weighted by molar-refractivity contribution is -0.117. The van der Waals surface area contributed by atoms with Crippen molar-refractivity contribution in [2.75, 3.05) is 23.3 Å². The molecule has 2 amide bonds. The zero-order valence-corrected chi connectivity index (χ0v) is 15.4. The fourth-order valence-corrected chi connectivity index (χ4v) is 3.19. The van der Waals surface area contributed by atoms with Crippen molar-refractivity contribution in [2.24, 2.45) is 0 Å². The molecule has 2 aromatic rings. The van der Waals surface area contributed by atoms with Gasteiger partial charge in [-0.25, -0.2) is 0 Å². The smallest absolute Gasteiger partial charge is 0.253 e. The van der Waals surface area contributed by atoms with Gasteiger partial charge < -0.3 is 15.5 Å². The molecule has 6 heteroatoms. The van der Waals surface area contributed by atoms with Crippen molar-refractivity contribution in [3.8, 4) is 0 Å². The molecule has 1 aliphatic rings. The number of amides is 2. The number of hydrogen-bond donors (Lipinski definition) is 2. The summed E-state index contributed by atoms with van der Waals surface area (Å²) in [6.07, 6.45) is 2.45. The molecule has 1 fully saturated rings. The first-order chi connectivity index (χ1) is 12.5. The van der Waals surface area contributed by atoms with Gasteiger partial charge in [-0.15, -0.1) is 0 Å². The Morgan fingerprint density at radius 1 is 1.04 bits per heavy atom. The molecule has 0 spiro atoms. The van der Waals surface area contributed by atoms with Gasteiger partial charge in [-0.3, -0.25) is 9.59 Å². The molecule has 0 radical (unpaired) electrons. The third kappa shape index (κ3) is 4.35. The Morgan fingerprint density at radius 3 is 2.35 bits per heavy atom. The van der Waals surface area contributed by atoms with Crippen molar-refractivity contribution < 1.29 is 9.59 Å². The SMILES string of the molecule is CC(NC(=O)c1ccccc1Cl)C(=O)Nc1ccc(N2CCCC2)cc1. The second-order valence-electron chi connectivity index (χ2n) is 6.41. The van der Waals surface area contributed by atoms with E-state index in [2.05, 4.69) is 15.5 Å². The van der Waals surface area contributed by atoms with Crippen LogP contribution < -0.4 is 15.5 Å². The van der Waals surface area contributed by atoms with Crippen molar-refractivity contribution in [2.45, 2.75) is 25.8 Å². The highest BCUT2D eigenvalue weighted by Crippen LogP contribution is 2.22. The summed E-state index contributed by atoms with van der Waals surface area (Å²) in [6, 6.07) is 13.8. The quantitative estimate of drug-likeness (QED) is 0.842. The van der Waals surface area contributed by atoms with Gasteiger partial charge in [0.15, 0.2) is 0 Å². The Hall–Kier alpha value is -2.53. The minimum absolute atomic E-state index is 0.278. The molecular formula is C20H22ClN3O2. The number of carbonyl (C=O) groups is 2. The van der Waals surface area contributed by atoms with Gasteiger partial charge in [-0.1, -0.05) is 23.7 Å². The zero-order chi connectivity index (χ0) is 18.5. The molecule has 136 valence electrons. The van der Waals surface area contributed by atoms with E-state index in [1.807, 2.05) is 24.3 Å². The maximum absolute atomic E-state index is 12.3.